The first-order valence-corrected chi connectivity index (χ1v) is 13.6. The van der Waals surface area contributed by atoms with Gasteiger partial charge >= 0.3 is 0 Å². The van der Waals surface area contributed by atoms with Crippen LogP contribution in [0.4, 0.5) is 5.00 Å². The number of thiophene rings is 1. The molecule has 2 amide bonds. The SMILES string of the molecule is C=C/C=C1/CN(C(C)=O)C/C1=C/NC(=O)C[C@@H]1N=C(c2ccc(Cl)cc2)c2c(sc(C)c2C)N(C(C)=N)C1=N. The summed E-state index contributed by atoms with van der Waals surface area (Å²) >= 11 is 7.66. The molecular formula is C29H31ClN6O2S. The van der Waals surface area contributed by atoms with Gasteiger partial charge in [0.2, 0.25) is 11.8 Å². The fraction of sp³-hybridized carbons (Fsp3) is 0.276. The van der Waals surface area contributed by atoms with Crippen LogP contribution in [-0.2, 0) is 9.59 Å². The molecular weight excluding hydrogens is 532 g/mol. The number of aliphatic imine (C=N–C) groups is 1. The van der Waals surface area contributed by atoms with Crippen LogP contribution in [0.1, 0.15) is 41.8 Å². The molecule has 202 valence electrons. The Bertz CT molecular complexity index is 1470. The summed E-state index contributed by atoms with van der Waals surface area (Å²) in [5, 5.41) is 21.7. The van der Waals surface area contributed by atoms with Crippen LogP contribution >= 0.6 is 22.9 Å². The molecule has 4 rings (SSSR count). The fourth-order valence-corrected chi connectivity index (χ4v) is 5.97. The van der Waals surface area contributed by atoms with E-state index in [4.69, 9.17) is 27.4 Å². The number of carbonyl (C=O) groups is 2. The first-order valence-electron chi connectivity index (χ1n) is 12.5. The molecule has 0 radical (unpaired) electrons. The number of hydrogen-bond donors (Lipinski definition) is 3. The smallest absolute Gasteiger partial charge is 0.226 e. The second kappa shape index (κ2) is 11.5. The number of aryl methyl sites for hydroxylation is 1. The molecule has 10 heteroatoms. The summed E-state index contributed by atoms with van der Waals surface area (Å²) in [7, 11) is 0. The molecule has 0 spiro atoms. The minimum atomic E-state index is -0.825. The van der Waals surface area contributed by atoms with Gasteiger partial charge in [-0.05, 0) is 49.6 Å². The average Bonchev–Trinajstić information content (AvgIpc) is 3.38. The first kappa shape index (κ1) is 28.2. The molecule has 1 aromatic carbocycles. The van der Waals surface area contributed by atoms with Crippen molar-refractivity contribution in [1.29, 1.82) is 10.8 Å². The van der Waals surface area contributed by atoms with Crippen molar-refractivity contribution in [3.63, 3.8) is 0 Å². The predicted octanol–water partition coefficient (Wildman–Crippen LogP) is 5.38. The van der Waals surface area contributed by atoms with E-state index in [0.29, 0.717) is 23.8 Å². The van der Waals surface area contributed by atoms with Gasteiger partial charge in [-0.25, -0.2) is 0 Å². The van der Waals surface area contributed by atoms with Crippen molar-refractivity contribution in [3.05, 3.63) is 86.9 Å². The van der Waals surface area contributed by atoms with Crippen LogP contribution < -0.4 is 10.2 Å². The van der Waals surface area contributed by atoms with Gasteiger partial charge < -0.3 is 10.2 Å². The zero-order valence-corrected chi connectivity index (χ0v) is 24.0. The topological polar surface area (TPSA) is 113 Å². The number of hydrogen-bond acceptors (Lipinski definition) is 6. The summed E-state index contributed by atoms with van der Waals surface area (Å²) < 4.78 is 0. The van der Waals surface area contributed by atoms with E-state index in [1.807, 2.05) is 32.1 Å². The number of anilines is 1. The standard InChI is InChI=1S/C29H31ClN6O2S/c1-6-7-21-14-35(19(5)37)15-22(21)13-33-25(38)12-24-28(32)36(18(4)31)29-26(16(2)17(3)39-29)27(34-24)20-8-10-23(30)11-9-20/h6-11,13,24,31-32H,1,12,14-15H2,2-5H3,(H,33,38)/b21-7-,22-13-,31-18?,32-28?/t24-/m0/s1. The molecule has 0 bridgehead atoms. The molecule has 1 aromatic heterocycles. The summed E-state index contributed by atoms with van der Waals surface area (Å²) in [6.07, 6.45) is 5.02. The Morgan fingerprint density at radius 2 is 1.87 bits per heavy atom. The third-order valence-corrected chi connectivity index (χ3v) is 8.23. The normalized spacial score (nSPS) is 19.2. The molecule has 2 aromatic rings. The number of allylic oxidation sites excluding steroid dienone is 2. The van der Waals surface area contributed by atoms with Crippen molar-refractivity contribution >= 4 is 57.1 Å². The van der Waals surface area contributed by atoms with Crippen LogP contribution in [0.3, 0.4) is 0 Å². The molecule has 2 aliphatic heterocycles. The average molecular weight is 563 g/mol. The second-order valence-corrected chi connectivity index (χ2v) is 11.2. The number of amidine groups is 2. The van der Waals surface area contributed by atoms with Crippen molar-refractivity contribution in [2.24, 2.45) is 4.99 Å². The molecule has 1 atom stereocenters. The number of amides is 2. The van der Waals surface area contributed by atoms with E-state index in [9.17, 15) is 9.59 Å². The van der Waals surface area contributed by atoms with E-state index >= 15 is 0 Å². The number of carbonyl (C=O) groups excluding carboxylic acids is 2. The van der Waals surface area contributed by atoms with Crippen LogP contribution in [0.15, 0.2) is 65.3 Å². The molecule has 2 aliphatic rings. The Kier molecular flexibility index (Phi) is 8.32. The Balaban J connectivity index is 1.70. The summed E-state index contributed by atoms with van der Waals surface area (Å²) in [5.74, 6) is -0.128. The highest BCUT2D eigenvalue weighted by Crippen LogP contribution is 2.40. The van der Waals surface area contributed by atoms with Crippen LogP contribution in [0, 0.1) is 24.7 Å². The molecule has 39 heavy (non-hydrogen) atoms. The van der Waals surface area contributed by atoms with E-state index in [2.05, 4.69) is 11.9 Å². The minimum absolute atomic E-state index is 0.0456. The molecule has 0 unspecified atom stereocenters. The molecule has 0 aliphatic carbocycles. The van der Waals surface area contributed by atoms with Gasteiger partial charge in [0.25, 0.3) is 0 Å². The molecule has 3 heterocycles. The fourth-order valence-electron chi connectivity index (χ4n) is 4.62. The second-order valence-electron chi connectivity index (χ2n) is 9.51. The van der Waals surface area contributed by atoms with E-state index in [1.54, 1.807) is 41.1 Å². The van der Waals surface area contributed by atoms with Gasteiger partial charge in [-0.15, -0.1) is 11.3 Å². The molecule has 0 saturated carbocycles. The predicted molar refractivity (Wildman–Crippen MR) is 160 cm³/mol. The van der Waals surface area contributed by atoms with Crippen molar-refractivity contribution in [3.8, 4) is 0 Å². The zero-order valence-electron chi connectivity index (χ0n) is 22.4. The number of fused-ring (bicyclic) bond motifs is 1. The molecule has 8 nitrogen and oxygen atoms in total. The quantitative estimate of drug-likeness (QED) is 0.336. The number of rotatable bonds is 5. The minimum Gasteiger partial charge on any atom is -0.334 e. The number of likely N-dealkylation sites (tertiary alicyclic amines) is 1. The highest BCUT2D eigenvalue weighted by Gasteiger charge is 2.35. The van der Waals surface area contributed by atoms with E-state index in [1.165, 1.54) is 18.3 Å². The van der Waals surface area contributed by atoms with Crippen molar-refractivity contribution in [1.82, 2.24) is 10.2 Å². The lowest BCUT2D eigenvalue weighted by molar-refractivity contribution is -0.127. The summed E-state index contributed by atoms with van der Waals surface area (Å²) in [6, 6.07) is 6.51. The lowest BCUT2D eigenvalue weighted by Gasteiger charge is -2.24. The lowest BCUT2D eigenvalue weighted by Crippen LogP contribution is -2.41. The zero-order chi connectivity index (χ0) is 28.4. The molecule has 1 saturated heterocycles. The Morgan fingerprint density at radius 3 is 2.49 bits per heavy atom. The maximum Gasteiger partial charge on any atom is 0.226 e. The summed E-state index contributed by atoms with van der Waals surface area (Å²) in [5.41, 5.74) is 5.10. The number of benzene rings is 1. The van der Waals surface area contributed by atoms with Crippen molar-refractivity contribution in [2.75, 3.05) is 18.0 Å². The van der Waals surface area contributed by atoms with Crippen molar-refractivity contribution < 1.29 is 9.59 Å². The Hall–Kier alpha value is -3.82. The number of nitrogens with zero attached hydrogens (tertiary/aromatic N) is 3. The highest BCUT2D eigenvalue weighted by atomic mass is 35.5. The Labute approximate surface area is 237 Å². The highest BCUT2D eigenvalue weighted by molar-refractivity contribution is 7.17. The van der Waals surface area contributed by atoms with E-state index < -0.39 is 6.04 Å². The molecule has 3 N–H and O–H groups in total. The van der Waals surface area contributed by atoms with Crippen LogP contribution in [0.2, 0.25) is 5.02 Å². The lowest BCUT2D eigenvalue weighted by atomic mass is 9.99. The van der Waals surface area contributed by atoms with Gasteiger partial charge in [0.15, 0.2) is 0 Å². The van der Waals surface area contributed by atoms with Gasteiger partial charge in [0.05, 0.1) is 12.1 Å². The van der Waals surface area contributed by atoms with Gasteiger partial charge in [-0.3, -0.25) is 30.3 Å². The van der Waals surface area contributed by atoms with Crippen LogP contribution in [0.25, 0.3) is 0 Å². The summed E-state index contributed by atoms with van der Waals surface area (Å²) in [4.78, 5) is 34.3. The van der Waals surface area contributed by atoms with Crippen LogP contribution in [0.5, 0.6) is 0 Å². The third kappa shape index (κ3) is 5.79. The molecule has 1 fully saturated rings. The maximum atomic E-state index is 13.2. The van der Waals surface area contributed by atoms with E-state index in [-0.39, 0.29) is 29.9 Å². The van der Waals surface area contributed by atoms with Gasteiger partial charge in [0, 0.05) is 47.2 Å². The number of nitrogens with one attached hydrogen (secondary N) is 3. The Morgan fingerprint density at radius 1 is 1.21 bits per heavy atom. The largest absolute Gasteiger partial charge is 0.334 e. The maximum absolute atomic E-state index is 13.2. The van der Waals surface area contributed by atoms with Crippen LogP contribution in [-0.4, -0.2) is 53.2 Å². The van der Waals surface area contributed by atoms with Gasteiger partial charge in [0.1, 0.15) is 22.7 Å². The van der Waals surface area contributed by atoms with Gasteiger partial charge in [-0.1, -0.05) is 42.5 Å². The first-order chi connectivity index (χ1) is 18.5. The number of halogens is 1. The monoisotopic (exact) mass is 562 g/mol. The van der Waals surface area contributed by atoms with E-state index in [0.717, 1.165) is 37.7 Å². The van der Waals surface area contributed by atoms with Gasteiger partial charge in [-0.2, -0.15) is 0 Å². The third-order valence-electron chi connectivity index (χ3n) is 6.79. The van der Waals surface area contributed by atoms with Crippen molar-refractivity contribution in [2.45, 2.75) is 40.2 Å². The summed E-state index contributed by atoms with van der Waals surface area (Å²) in [6.45, 7) is 11.8.